The smallest absolute Gasteiger partial charge is 0.357 e. The second-order valence-electron chi connectivity index (χ2n) is 2.39. The fourth-order valence-electron chi connectivity index (χ4n) is 0.708. The predicted molar refractivity (Wildman–Crippen MR) is 40.9 cm³/mol. The van der Waals surface area contributed by atoms with E-state index in [0.29, 0.717) is 5.89 Å². The van der Waals surface area contributed by atoms with Crippen molar-refractivity contribution < 1.29 is 14.3 Å². The molecule has 0 saturated carbocycles. The highest BCUT2D eigenvalue weighted by molar-refractivity contribution is 5.84. The Morgan fingerprint density at radius 1 is 1.83 bits per heavy atom. The molecular weight excluding hydrogens is 160 g/mol. The van der Waals surface area contributed by atoms with Gasteiger partial charge in [0.05, 0.1) is 6.04 Å². The summed E-state index contributed by atoms with van der Waals surface area (Å²) in [4.78, 5) is 14.1. The molecule has 0 amide bonds. The van der Waals surface area contributed by atoms with E-state index < -0.39 is 5.97 Å². The molecule has 0 bridgehead atoms. The standard InChI is InChI=1S/C7H10N2O3/c1-4(8-2)6-9-5(3-12-6)7(10)11/h3-4,8H,1-2H3,(H,10,11). The van der Waals surface area contributed by atoms with E-state index in [1.54, 1.807) is 7.05 Å². The van der Waals surface area contributed by atoms with Crippen LogP contribution >= 0.6 is 0 Å². The molecule has 12 heavy (non-hydrogen) atoms. The summed E-state index contributed by atoms with van der Waals surface area (Å²) in [5.41, 5.74) is -0.0629. The summed E-state index contributed by atoms with van der Waals surface area (Å²) in [5, 5.41) is 11.4. The molecule has 0 spiro atoms. The number of hydrogen-bond acceptors (Lipinski definition) is 4. The normalized spacial score (nSPS) is 12.8. The van der Waals surface area contributed by atoms with Crippen molar-refractivity contribution in [3.8, 4) is 0 Å². The molecule has 0 radical (unpaired) electrons. The van der Waals surface area contributed by atoms with Gasteiger partial charge >= 0.3 is 5.97 Å². The van der Waals surface area contributed by atoms with Crippen LogP contribution in [0.15, 0.2) is 10.7 Å². The lowest BCUT2D eigenvalue weighted by Crippen LogP contribution is -2.12. The third kappa shape index (κ3) is 1.62. The number of aromatic carboxylic acids is 1. The van der Waals surface area contributed by atoms with E-state index in [-0.39, 0.29) is 11.7 Å². The summed E-state index contributed by atoms with van der Waals surface area (Å²) >= 11 is 0. The largest absolute Gasteiger partial charge is 0.476 e. The Balaban J connectivity index is 2.84. The average molecular weight is 170 g/mol. The van der Waals surface area contributed by atoms with Crippen LogP contribution in [0.4, 0.5) is 0 Å². The zero-order valence-corrected chi connectivity index (χ0v) is 6.87. The average Bonchev–Trinajstić information content (AvgIpc) is 2.51. The van der Waals surface area contributed by atoms with Crippen molar-refractivity contribution in [1.29, 1.82) is 0 Å². The van der Waals surface area contributed by atoms with Crippen LogP contribution in [0.25, 0.3) is 0 Å². The number of oxazole rings is 1. The van der Waals surface area contributed by atoms with Crippen LogP contribution < -0.4 is 5.32 Å². The Hall–Kier alpha value is -1.36. The molecule has 2 N–H and O–H groups in total. The summed E-state index contributed by atoms with van der Waals surface area (Å²) < 4.78 is 4.92. The van der Waals surface area contributed by atoms with E-state index in [2.05, 4.69) is 10.3 Å². The Bertz CT molecular complexity index is 282. The lowest BCUT2D eigenvalue weighted by Gasteiger charge is -2.02. The van der Waals surface area contributed by atoms with Crippen molar-refractivity contribution in [1.82, 2.24) is 10.3 Å². The lowest BCUT2D eigenvalue weighted by molar-refractivity contribution is 0.0690. The highest BCUT2D eigenvalue weighted by atomic mass is 16.4. The molecule has 1 unspecified atom stereocenters. The fourth-order valence-corrected chi connectivity index (χ4v) is 0.708. The van der Waals surface area contributed by atoms with Crippen LogP contribution in [0.3, 0.4) is 0 Å². The van der Waals surface area contributed by atoms with Gasteiger partial charge in [0.15, 0.2) is 5.69 Å². The van der Waals surface area contributed by atoms with Crippen molar-refractivity contribution in [3.63, 3.8) is 0 Å². The zero-order valence-electron chi connectivity index (χ0n) is 6.87. The number of aromatic nitrogens is 1. The Labute approximate surface area is 69.4 Å². The van der Waals surface area contributed by atoms with Gasteiger partial charge in [-0.2, -0.15) is 0 Å². The molecule has 0 fully saturated rings. The fraction of sp³-hybridized carbons (Fsp3) is 0.429. The lowest BCUT2D eigenvalue weighted by atomic mass is 10.3. The molecule has 0 aliphatic heterocycles. The summed E-state index contributed by atoms with van der Waals surface area (Å²) in [7, 11) is 1.75. The Morgan fingerprint density at radius 2 is 2.50 bits per heavy atom. The molecule has 1 aromatic rings. The molecule has 66 valence electrons. The zero-order chi connectivity index (χ0) is 9.14. The molecule has 1 aromatic heterocycles. The maximum absolute atomic E-state index is 10.4. The van der Waals surface area contributed by atoms with Gasteiger partial charge in [0.2, 0.25) is 5.89 Å². The Morgan fingerprint density at radius 3 is 2.92 bits per heavy atom. The SMILES string of the molecule is CNC(C)c1nc(C(=O)O)co1. The van der Waals surface area contributed by atoms with E-state index >= 15 is 0 Å². The van der Waals surface area contributed by atoms with Gasteiger partial charge < -0.3 is 14.8 Å². The van der Waals surface area contributed by atoms with Crippen LogP contribution in [0.2, 0.25) is 0 Å². The van der Waals surface area contributed by atoms with Crippen LogP contribution in [0, 0.1) is 0 Å². The first-order valence-corrected chi connectivity index (χ1v) is 3.51. The molecule has 0 aromatic carbocycles. The second-order valence-corrected chi connectivity index (χ2v) is 2.39. The van der Waals surface area contributed by atoms with Crippen LogP contribution in [0.1, 0.15) is 29.3 Å². The third-order valence-electron chi connectivity index (χ3n) is 1.54. The molecule has 0 aliphatic carbocycles. The van der Waals surface area contributed by atoms with Gasteiger partial charge in [0.1, 0.15) is 6.26 Å². The van der Waals surface area contributed by atoms with Crippen molar-refractivity contribution in [2.75, 3.05) is 7.05 Å². The van der Waals surface area contributed by atoms with Gasteiger partial charge in [0, 0.05) is 0 Å². The minimum atomic E-state index is -1.08. The molecule has 0 aliphatic rings. The minimum Gasteiger partial charge on any atom is -0.476 e. The number of carboxylic acid groups (broad SMARTS) is 1. The quantitative estimate of drug-likeness (QED) is 0.696. The van der Waals surface area contributed by atoms with E-state index in [4.69, 9.17) is 9.52 Å². The molecular formula is C7H10N2O3. The molecule has 0 saturated heterocycles. The number of rotatable bonds is 3. The Kier molecular flexibility index (Phi) is 2.44. The number of carbonyl (C=O) groups is 1. The van der Waals surface area contributed by atoms with Crippen LogP contribution in [-0.2, 0) is 0 Å². The molecule has 5 heteroatoms. The van der Waals surface area contributed by atoms with E-state index in [1.165, 1.54) is 0 Å². The monoisotopic (exact) mass is 170 g/mol. The maximum Gasteiger partial charge on any atom is 0.357 e. The first-order valence-electron chi connectivity index (χ1n) is 3.51. The highest BCUT2D eigenvalue weighted by Crippen LogP contribution is 2.10. The topological polar surface area (TPSA) is 75.4 Å². The van der Waals surface area contributed by atoms with Crippen LogP contribution in [0.5, 0.6) is 0 Å². The van der Waals surface area contributed by atoms with Crippen molar-refractivity contribution >= 4 is 5.97 Å². The van der Waals surface area contributed by atoms with Gasteiger partial charge in [-0.15, -0.1) is 0 Å². The van der Waals surface area contributed by atoms with E-state index in [1.807, 2.05) is 6.92 Å². The van der Waals surface area contributed by atoms with Gasteiger partial charge in [-0.3, -0.25) is 0 Å². The molecule has 1 heterocycles. The predicted octanol–water partition coefficient (Wildman–Crippen LogP) is 0.653. The number of hydrogen-bond donors (Lipinski definition) is 2. The second kappa shape index (κ2) is 3.36. The van der Waals surface area contributed by atoms with Crippen molar-refractivity contribution in [3.05, 3.63) is 17.8 Å². The number of carboxylic acids is 1. The molecule has 1 rings (SSSR count). The van der Waals surface area contributed by atoms with Gasteiger partial charge in [-0.1, -0.05) is 0 Å². The molecule has 1 atom stereocenters. The summed E-state index contributed by atoms with van der Waals surface area (Å²) in [6, 6.07) is -0.0712. The van der Waals surface area contributed by atoms with E-state index in [0.717, 1.165) is 6.26 Å². The first-order chi connectivity index (χ1) is 5.65. The van der Waals surface area contributed by atoms with Gasteiger partial charge in [0.25, 0.3) is 0 Å². The first kappa shape index (κ1) is 8.73. The number of nitrogens with one attached hydrogen (secondary N) is 1. The highest BCUT2D eigenvalue weighted by Gasteiger charge is 2.13. The van der Waals surface area contributed by atoms with Crippen LogP contribution in [-0.4, -0.2) is 23.1 Å². The summed E-state index contributed by atoms with van der Waals surface area (Å²) in [6.07, 6.45) is 1.13. The number of nitrogens with zero attached hydrogens (tertiary/aromatic N) is 1. The third-order valence-corrected chi connectivity index (χ3v) is 1.54. The summed E-state index contributed by atoms with van der Waals surface area (Å²) in [6.45, 7) is 1.83. The van der Waals surface area contributed by atoms with E-state index in [9.17, 15) is 4.79 Å². The van der Waals surface area contributed by atoms with Gasteiger partial charge in [-0.05, 0) is 14.0 Å². The maximum atomic E-state index is 10.4. The minimum absolute atomic E-state index is 0.0629. The van der Waals surface area contributed by atoms with Gasteiger partial charge in [-0.25, -0.2) is 9.78 Å². The summed E-state index contributed by atoms with van der Waals surface area (Å²) in [5.74, 6) is -0.691. The molecule has 5 nitrogen and oxygen atoms in total. The van der Waals surface area contributed by atoms with Crippen molar-refractivity contribution in [2.24, 2.45) is 0 Å². The van der Waals surface area contributed by atoms with Crippen molar-refractivity contribution in [2.45, 2.75) is 13.0 Å².